The Morgan fingerprint density at radius 2 is 1.80 bits per heavy atom. The van der Waals surface area contributed by atoms with E-state index < -0.39 is 0 Å². The van der Waals surface area contributed by atoms with E-state index >= 15 is 0 Å². The Hall–Kier alpha value is -1.75. The molecular weight excluding hydrogens is 340 g/mol. The van der Waals surface area contributed by atoms with Crippen LogP contribution in [-0.4, -0.2) is 54.6 Å². The first-order valence-electron chi connectivity index (χ1n) is 8.92. The van der Waals surface area contributed by atoms with E-state index in [0.29, 0.717) is 38.7 Å². The van der Waals surface area contributed by atoms with Crippen molar-refractivity contribution in [1.82, 2.24) is 9.80 Å². The lowest BCUT2D eigenvalue weighted by molar-refractivity contribution is -0.134. The SMILES string of the molecule is CC(C)COC(=O)N1CCN(C(=O)C2CC2c2ccccc2Cl)CC1. The van der Waals surface area contributed by atoms with Crippen molar-refractivity contribution < 1.29 is 14.3 Å². The molecule has 0 spiro atoms. The molecule has 6 heteroatoms. The van der Waals surface area contributed by atoms with Gasteiger partial charge in [0.25, 0.3) is 0 Å². The predicted octanol–water partition coefficient (Wildman–Crippen LogP) is 3.38. The number of nitrogens with zero attached hydrogens (tertiary/aromatic N) is 2. The van der Waals surface area contributed by atoms with E-state index in [4.69, 9.17) is 16.3 Å². The lowest BCUT2D eigenvalue weighted by atomic mass is 10.1. The lowest BCUT2D eigenvalue weighted by Crippen LogP contribution is -2.51. The third-order valence-corrected chi connectivity index (χ3v) is 5.15. The zero-order valence-corrected chi connectivity index (χ0v) is 15.5. The first-order chi connectivity index (χ1) is 12.0. The van der Waals surface area contributed by atoms with E-state index in [-0.39, 0.29) is 23.8 Å². The van der Waals surface area contributed by atoms with Crippen LogP contribution in [0.1, 0.15) is 31.7 Å². The van der Waals surface area contributed by atoms with Crippen molar-refractivity contribution in [2.75, 3.05) is 32.8 Å². The van der Waals surface area contributed by atoms with Crippen LogP contribution in [0.5, 0.6) is 0 Å². The summed E-state index contributed by atoms with van der Waals surface area (Å²) in [5.41, 5.74) is 1.07. The summed E-state index contributed by atoms with van der Waals surface area (Å²) in [7, 11) is 0. The highest BCUT2D eigenvalue weighted by Crippen LogP contribution is 2.50. The Morgan fingerprint density at radius 3 is 2.44 bits per heavy atom. The Labute approximate surface area is 153 Å². The first-order valence-corrected chi connectivity index (χ1v) is 9.30. The van der Waals surface area contributed by atoms with Crippen molar-refractivity contribution in [1.29, 1.82) is 0 Å². The van der Waals surface area contributed by atoms with Gasteiger partial charge in [0.15, 0.2) is 0 Å². The van der Waals surface area contributed by atoms with E-state index in [0.717, 1.165) is 17.0 Å². The maximum Gasteiger partial charge on any atom is 0.409 e. The van der Waals surface area contributed by atoms with Crippen LogP contribution in [0.4, 0.5) is 4.79 Å². The van der Waals surface area contributed by atoms with Crippen LogP contribution in [0.2, 0.25) is 5.02 Å². The third kappa shape index (κ3) is 4.27. The molecule has 136 valence electrons. The van der Waals surface area contributed by atoms with Crippen LogP contribution < -0.4 is 0 Å². The van der Waals surface area contributed by atoms with Gasteiger partial charge in [-0.15, -0.1) is 0 Å². The number of piperazine rings is 1. The van der Waals surface area contributed by atoms with Gasteiger partial charge in [-0.1, -0.05) is 43.6 Å². The molecule has 5 nitrogen and oxygen atoms in total. The van der Waals surface area contributed by atoms with Crippen LogP contribution in [0.15, 0.2) is 24.3 Å². The van der Waals surface area contributed by atoms with Crippen LogP contribution >= 0.6 is 11.6 Å². The van der Waals surface area contributed by atoms with Gasteiger partial charge in [-0.3, -0.25) is 4.79 Å². The molecular formula is C19H25ClN2O3. The second-order valence-corrected chi connectivity index (χ2v) is 7.66. The molecule has 2 aliphatic rings. The van der Waals surface area contributed by atoms with Crippen LogP contribution in [-0.2, 0) is 9.53 Å². The molecule has 2 fully saturated rings. The van der Waals surface area contributed by atoms with Crippen LogP contribution in [0, 0.1) is 11.8 Å². The summed E-state index contributed by atoms with van der Waals surface area (Å²) in [5.74, 6) is 0.762. The van der Waals surface area contributed by atoms with Gasteiger partial charge in [0, 0.05) is 37.1 Å². The topological polar surface area (TPSA) is 49.9 Å². The van der Waals surface area contributed by atoms with Gasteiger partial charge >= 0.3 is 6.09 Å². The van der Waals surface area contributed by atoms with E-state index in [1.54, 1.807) is 4.90 Å². The number of rotatable bonds is 4. The van der Waals surface area contributed by atoms with Crippen molar-refractivity contribution in [2.45, 2.75) is 26.2 Å². The standard InChI is InChI=1S/C19H25ClN2O3/c1-13(2)12-25-19(24)22-9-7-21(8-10-22)18(23)16-11-15(16)14-5-3-4-6-17(14)20/h3-6,13,15-16H,7-12H2,1-2H3. The van der Waals surface area contributed by atoms with Gasteiger partial charge in [-0.2, -0.15) is 0 Å². The summed E-state index contributed by atoms with van der Waals surface area (Å²) in [4.78, 5) is 28.2. The van der Waals surface area contributed by atoms with Crippen LogP contribution in [0.25, 0.3) is 0 Å². The Bertz CT molecular complexity index is 641. The molecule has 1 aliphatic heterocycles. The van der Waals surface area contributed by atoms with Crippen molar-refractivity contribution >= 4 is 23.6 Å². The number of carbonyl (C=O) groups is 2. The maximum atomic E-state index is 12.7. The van der Waals surface area contributed by atoms with Crippen molar-refractivity contribution in [3.63, 3.8) is 0 Å². The fourth-order valence-corrected chi connectivity index (χ4v) is 3.54. The number of carbonyl (C=O) groups excluding carboxylic acids is 2. The average molecular weight is 365 g/mol. The molecule has 1 saturated carbocycles. The van der Waals surface area contributed by atoms with Crippen molar-refractivity contribution in [2.24, 2.45) is 11.8 Å². The second-order valence-electron chi connectivity index (χ2n) is 7.25. The number of hydrogen-bond acceptors (Lipinski definition) is 3. The molecule has 1 saturated heterocycles. The highest BCUT2D eigenvalue weighted by atomic mass is 35.5. The molecule has 25 heavy (non-hydrogen) atoms. The molecule has 0 bridgehead atoms. The monoisotopic (exact) mass is 364 g/mol. The highest BCUT2D eigenvalue weighted by Gasteiger charge is 2.46. The van der Waals surface area contributed by atoms with Gasteiger partial charge in [0.1, 0.15) is 0 Å². The number of halogens is 1. The number of amides is 2. The van der Waals surface area contributed by atoms with Crippen LogP contribution in [0.3, 0.4) is 0 Å². The minimum atomic E-state index is -0.277. The molecule has 0 N–H and O–H groups in total. The minimum absolute atomic E-state index is 0.0272. The third-order valence-electron chi connectivity index (χ3n) is 4.80. The molecule has 2 amide bonds. The van der Waals surface area contributed by atoms with Gasteiger partial charge in [-0.25, -0.2) is 4.79 Å². The zero-order chi connectivity index (χ0) is 18.0. The van der Waals surface area contributed by atoms with E-state index in [1.165, 1.54) is 0 Å². The summed E-state index contributed by atoms with van der Waals surface area (Å²) in [6.45, 7) is 6.66. The molecule has 0 radical (unpaired) electrons. The Morgan fingerprint density at radius 1 is 1.16 bits per heavy atom. The molecule has 1 aliphatic carbocycles. The van der Waals surface area contributed by atoms with E-state index in [9.17, 15) is 9.59 Å². The summed E-state index contributed by atoms with van der Waals surface area (Å²) in [6.07, 6.45) is 0.584. The fourth-order valence-electron chi connectivity index (χ4n) is 3.26. The number of benzene rings is 1. The second kappa shape index (κ2) is 7.65. The normalized spacial score (nSPS) is 22.9. The quantitative estimate of drug-likeness (QED) is 0.822. The zero-order valence-electron chi connectivity index (χ0n) is 14.8. The maximum absolute atomic E-state index is 12.7. The van der Waals surface area contributed by atoms with Gasteiger partial charge in [-0.05, 0) is 29.9 Å². The fraction of sp³-hybridized carbons (Fsp3) is 0.579. The molecule has 1 aromatic rings. The van der Waals surface area contributed by atoms with Gasteiger partial charge in [0.2, 0.25) is 5.91 Å². The van der Waals surface area contributed by atoms with E-state index in [2.05, 4.69) is 0 Å². The predicted molar refractivity (Wildman–Crippen MR) is 96.6 cm³/mol. The Kier molecular flexibility index (Phi) is 5.52. The first kappa shape index (κ1) is 18.1. The van der Waals surface area contributed by atoms with Gasteiger partial charge < -0.3 is 14.5 Å². The minimum Gasteiger partial charge on any atom is -0.449 e. The highest BCUT2D eigenvalue weighted by molar-refractivity contribution is 6.31. The van der Waals surface area contributed by atoms with Crippen molar-refractivity contribution in [3.05, 3.63) is 34.9 Å². The molecule has 3 rings (SSSR count). The van der Waals surface area contributed by atoms with Crippen molar-refractivity contribution in [3.8, 4) is 0 Å². The Balaban J connectivity index is 1.48. The largest absolute Gasteiger partial charge is 0.449 e. The molecule has 2 unspecified atom stereocenters. The summed E-state index contributed by atoms with van der Waals surface area (Å²) >= 11 is 6.24. The molecule has 1 heterocycles. The molecule has 2 atom stereocenters. The average Bonchev–Trinajstić information content (AvgIpc) is 3.40. The number of ether oxygens (including phenoxy) is 1. The molecule has 1 aromatic carbocycles. The summed E-state index contributed by atoms with van der Waals surface area (Å²) in [6, 6.07) is 7.74. The lowest BCUT2D eigenvalue weighted by Gasteiger charge is -2.34. The van der Waals surface area contributed by atoms with E-state index in [1.807, 2.05) is 43.0 Å². The smallest absolute Gasteiger partial charge is 0.409 e. The molecule has 0 aromatic heterocycles. The summed E-state index contributed by atoms with van der Waals surface area (Å²) < 4.78 is 5.26. The number of hydrogen-bond donors (Lipinski definition) is 0. The van der Waals surface area contributed by atoms with Gasteiger partial charge in [0.05, 0.1) is 6.61 Å². The summed E-state index contributed by atoms with van der Waals surface area (Å²) in [5, 5.41) is 0.737.